The Morgan fingerprint density at radius 3 is 2.56 bits per heavy atom. The summed E-state index contributed by atoms with van der Waals surface area (Å²) in [5.41, 5.74) is 1.43. The number of hydrogen-bond donors (Lipinski definition) is 2. The third kappa shape index (κ3) is 3.27. The van der Waals surface area contributed by atoms with E-state index >= 15 is 0 Å². The molecule has 0 atom stereocenters. The molecule has 0 bridgehead atoms. The average Bonchev–Trinajstić information content (AvgIpc) is 3.44. The van der Waals surface area contributed by atoms with Gasteiger partial charge in [-0.2, -0.15) is 5.26 Å². The Kier molecular flexibility index (Phi) is 5.19. The minimum Gasteiger partial charge on any atom is -0.388 e. The molecular formula is C23H23N5O3S. The third-order valence-electron chi connectivity index (χ3n) is 6.39. The zero-order valence-corrected chi connectivity index (χ0v) is 18.2. The molecule has 1 aliphatic carbocycles. The van der Waals surface area contributed by atoms with Crippen molar-refractivity contribution in [3.05, 3.63) is 48.4 Å². The number of aromatic nitrogens is 4. The zero-order valence-electron chi connectivity index (χ0n) is 17.4. The Morgan fingerprint density at radius 1 is 1.12 bits per heavy atom. The van der Waals surface area contributed by atoms with E-state index in [0.29, 0.717) is 29.3 Å². The maximum Gasteiger partial charge on any atom is 0.226 e. The van der Waals surface area contributed by atoms with Crippen LogP contribution in [-0.2, 0) is 16.4 Å². The van der Waals surface area contributed by atoms with E-state index in [1.807, 2.05) is 10.6 Å². The van der Waals surface area contributed by atoms with Crippen LogP contribution in [-0.4, -0.2) is 33.0 Å². The standard InChI is InChI=1S/C23H23N5O3S/c24-12-10-15-6-8-16(9-7-15)28-19(14-29)26-20-21(28)18-11-13-25-22(18)27-23(20)32(30,31)17-4-2-1-3-5-17/h1-5,11,13,15-16,29H,6-10,14H2,(H,25,27). The van der Waals surface area contributed by atoms with Gasteiger partial charge in [-0.15, -0.1) is 0 Å². The summed E-state index contributed by atoms with van der Waals surface area (Å²) in [6.07, 6.45) is 5.81. The maximum absolute atomic E-state index is 13.5. The quantitative estimate of drug-likeness (QED) is 0.476. The van der Waals surface area contributed by atoms with Crippen LogP contribution in [0.4, 0.5) is 0 Å². The number of nitrogens with one attached hydrogen (secondary N) is 1. The number of nitriles is 1. The van der Waals surface area contributed by atoms with E-state index in [2.05, 4.69) is 21.0 Å². The number of sulfone groups is 1. The largest absolute Gasteiger partial charge is 0.388 e. The number of nitrogens with zero attached hydrogens (tertiary/aromatic N) is 4. The van der Waals surface area contributed by atoms with E-state index in [0.717, 1.165) is 31.1 Å². The SMILES string of the molecule is N#CCC1CCC(n2c(CO)nc3c(S(=O)(=O)c4ccccc4)nc4[nH]ccc4c32)CC1. The second-order valence-electron chi connectivity index (χ2n) is 8.26. The van der Waals surface area contributed by atoms with E-state index in [1.54, 1.807) is 36.5 Å². The highest BCUT2D eigenvalue weighted by atomic mass is 32.2. The summed E-state index contributed by atoms with van der Waals surface area (Å²) in [5, 5.41) is 19.8. The fraction of sp³-hybridized carbons (Fsp3) is 0.348. The molecule has 0 aliphatic heterocycles. The molecule has 8 nitrogen and oxygen atoms in total. The molecule has 0 saturated heterocycles. The van der Waals surface area contributed by atoms with Crippen LogP contribution in [0.15, 0.2) is 52.5 Å². The number of rotatable bonds is 5. The van der Waals surface area contributed by atoms with Crippen molar-refractivity contribution in [3.63, 3.8) is 0 Å². The number of H-pyrrole nitrogens is 1. The minimum atomic E-state index is -3.92. The molecule has 0 unspecified atom stereocenters. The van der Waals surface area contributed by atoms with Gasteiger partial charge in [0, 0.05) is 24.0 Å². The molecule has 164 valence electrons. The Labute approximate surface area is 185 Å². The summed E-state index contributed by atoms with van der Waals surface area (Å²) in [6, 6.07) is 12.4. The first-order valence-corrected chi connectivity index (χ1v) is 12.2. The summed E-state index contributed by atoms with van der Waals surface area (Å²) in [4.78, 5) is 12.2. The highest BCUT2D eigenvalue weighted by Gasteiger charge is 2.31. The van der Waals surface area contributed by atoms with Crippen molar-refractivity contribution >= 4 is 31.9 Å². The highest BCUT2D eigenvalue weighted by molar-refractivity contribution is 7.91. The summed E-state index contributed by atoms with van der Waals surface area (Å²) < 4.78 is 29.0. The lowest BCUT2D eigenvalue weighted by atomic mass is 9.84. The Hall–Kier alpha value is -3.22. The van der Waals surface area contributed by atoms with E-state index in [4.69, 9.17) is 5.26 Å². The average molecular weight is 450 g/mol. The van der Waals surface area contributed by atoms with Gasteiger partial charge in [0.2, 0.25) is 9.84 Å². The van der Waals surface area contributed by atoms with Gasteiger partial charge in [0.15, 0.2) is 5.03 Å². The van der Waals surface area contributed by atoms with Crippen LogP contribution in [0.5, 0.6) is 0 Å². The van der Waals surface area contributed by atoms with Gasteiger partial charge in [-0.05, 0) is 49.8 Å². The van der Waals surface area contributed by atoms with Crippen LogP contribution >= 0.6 is 0 Å². The second kappa shape index (κ2) is 8.04. The number of imidazole rings is 1. The molecule has 4 aromatic rings. The zero-order chi connectivity index (χ0) is 22.3. The van der Waals surface area contributed by atoms with Gasteiger partial charge in [-0.25, -0.2) is 18.4 Å². The third-order valence-corrected chi connectivity index (χ3v) is 8.08. The fourth-order valence-corrected chi connectivity index (χ4v) is 6.17. The number of aromatic amines is 1. The van der Waals surface area contributed by atoms with Gasteiger partial charge in [-0.1, -0.05) is 18.2 Å². The van der Waals surface area contributed by atoms with Crippen LogP contribution in [0.2, 0.25) is 0 Å². The van der Waals surface area contributed by atoms with E-state index in [1.165, 1.54) is 0 Å². The van der Waals surface area contributed by atoms with Crippen molar-refractivity contribution in [2.24, 2.45) is 5.92 Å². The minimum absolute atomic E-state index is 0.0740. The van der Waals surface area contributed by atoms with Gasteiger partial charge < -0.3 is 14.7 Å². The lowest BCUT2D eigenvalue weighted by Gasteiger charge is -2.29. The van der Waals surface area contributed by atoms with Crippen LogP contribution in [0, 0.1) is 17.2 Å². The summed E-state index contributed by atoms with van der Waals surface area (Å²) >= 11 is 0. The normalized spacial score (nSPS) is 19.4. The van der Waals surface area contributed by atoms with Crippen molar-refractivity contribution < 1.29 is 13.5 Å². The predicted octanol–water partition coefficient (Wildman–Crippen LogP) is 3.88. The molecule has 0 radical (unpaired) electrons. The van der Waals surface area contributed by atoms with Crippen molar-refractivity contribution in [3.8, 4) is 6.07 Å². The number of pyridine rings is 1. The molecule has 9 heteroatoms. The fourth-order valence-electron chi connectivity index (χ4n) is 4.82. The Morgan fingerprint density at radius 2 is 1.88 bits per heavy atom. The van der Waals surface area contributed by atoms with Crippen molar-refractivity contribution in [2.75, 3.05) is 0 Å². The molecule has 3 heterocycles. The topological polar surface area (TPSA) is 125 Å². The van der Waals surface area contributed by atoms with Crippen LogP contribution < -0.4 is 0 Å². The molecule has 1 aromatic carbocycles. The Balaban J connectivity index is 1.73. The molecule has 0 amide bonds. The van der Waals surface area contributed by atoms with Crippen molar-refractivity contribution in [2.45, 2.75) is 54.7 Å². The van der Waals surface area contributed by atoms with Gasteiger partial charge in [0.05, 0.1) is 16.5 Å². The van der Waals surface area contributed by atoms with Gasteiger partial charge in [0.25, 0.3) is 0 Å². The summed E-state index contributed by atoms with van der Waals surface area (Å²) in [5.74, 6) is 0.815. The molecule has 1 fully saturated rings. The lowest BCUT2D eigenvalue weighted by molar-refractivity contribution is 0.239. The maximum atomic E-state index is 13.5. The number of aliphatic hydroxyl groups is 1. The van der Waals surface area contributed by atoms with E-state index in [9.17, 15) is 13.5 Å². The molecule has 2 N–H and O–H groups in total. The molecule has 1 aliphatic rings. The number of hydrogen-bond acceptors (Lipinski definition) is 6. The van der Waals surface area contributed by atoms with Gasteiger partial charge in [-0.3, -0.25) is 0 Å². The summed E-state index contributed by atoms with van der Waals surface area (Å²) in [6.45, 7) is -0.302. The van der Waals surface area contributed by atoms with E-state index < -0.39 is 9.84 Å². The van der Waals surface area contributed by atoms with Crippen molar-refractivity contribution in [1.82, 2.24) is 19.5 Å². The first-order valence-electron chi connectivity index (χ1n) is 10.7. The Bertz CT molecular complexity index is 1430. The second-order valence-corrected chi connectivity index (χ2v) is 10.1. The smallest absolute Gasteiger partial charge is 0.226 e. The number of fused-ring (bicyclic) bond motifs is 3. The van der Waals surface area contributed by atoms with Crippen LogP contribution in [0.25, 0.3) is 22.1 Å². The molecule has 32 heavy (non-hydrogen) atoms. The number of aliphatic hydroxyl groups excluding tert-OH is 1. The first kappa shape index (κ1) is 20.7. The molecule has 3 aromatic heterocycles. The molecule has 5 rings (SSSR count). The number of benzene rings is 1. The molecule has 0 spiro atoms. The lowest BCUT2D eigenvalue weighted by Crippen LogP contribution is -2.20. The summed E-state index contributed by atoms with van der Waals surface area (Å²) in [7, 11) is -3.92. The van der Waals surface area contributed by atoms with Gasteiger partial charge >= 0.3 is 0 Å². The van der Waals surface area contributed by atoms with Crippen molar-refractivity contribution in [1.29, 1.82) is 5.26 Å². The molecular weight excluding hydrogens is 426 g/mol. The molecule has 1 saturated carbocycles. The van der Waals surface area contributed by atoms with Crippen LogP contribution in [0.3, 0.4) is 0 Å². The highest BCUT2D eigenvalue weighted by Crippen LogP contribution is 2.39. The van der Waals surface area contributed by atoms with Crippen LogP contribution in [0.1, 0.15) is 44.0 Å². The monoisotopic (exact) mass is 449 g/mol. The van der Waals surface area contributed by atoms with Gasteiger partial charge in [0.1, 0.15) is 23.6 Å². The predicted molar refractivity (Wildman–Crippen MR) is 118 cm³/mol. The van der Waals surface area contributed by atoms with E-state index in [-0.39, 0.29) is 28.1 Å². The first-order chi connectivity index (χ1) is 15.5.